The van der Waals surface area contributed by atoms with Crippen molar-refractivity contribution in [1.82, 2.24) is 9.55 Å². The summed E-state index contributed by atoms with van der Waals surface area (Å²) in [5, 5.41) is 0. The van der Waals surface area contributed by atoms with Crippen molar-refractivity contribution in [2.45, 2.75) is 52.1 Å². The third-order valence-corrected chi connectivity index (χ3v) is 4.23. The van der Waals surface area contributed by atoms with Crippen LogP contribution in [0.2, 0.25) is 0 Å². The molecule has 16 heavy (non-hydrogen) atoms. The van der Waals surface area contributed by atoms with Crippen LogP contribution in [0.25, 0.3) is 0 Å². The zero-order chi connectivity index (χ0) is 11.7. The van der Waals surface area contributed by atoms with Crippen molar-refractivity contribution < 1.29 is 0 Å². The average molecular weight is 221 g/mol. The fraction of sp³-hybridized carbons (Fsp3) is 0.769. The molecule has 1 saturated carbocycles. The molecule has 0 aliphatic heterocycles. The second-order valence-electron chi connectivity index (χ2n) is 5.19. The van der Waals surface area contributed by atoms with Gasteiger partial charge in [0.05, 0.1) is 12.0 Å². The van der Waals surface area contributed by atoms with Gasteiger partial charge in [0.2, 0.25) is 0 Å². The van der Waals surface area contributed by atoms with Crippen molar-refractivity contribution in [2.24, 2.45) is 17.6 Å². The molecule has 90 valence electrons. The Bertz CT molecular complexity index is 343. The lowest BCUT2D eigenvalue weighted by Crippen LogP contribution is -2.20. The molecule has 1 aliphatic rings. The maximum atomic E-state index is 5.98. The molecule has 4 atom stereocenters. The molecule has 3 heteroatoms. The molecule has 2 rings (SSSR count). The van der Waals surface area contributed by atoms with Gasteiger partial charge < -0.3 is 10.3 Å². The molecule has 0 amide bonds. The summed E-state index contributed by atoms with van der Waals surface area (Å²) in [6, 6.07) is 0.684. The number of aromatic nitrogens is 2. The number of rotatable bonds is 3. The van der Waals surface area contributed by atoms with Crippen LogP contribution in [0.4, 0.5) is 0 Å². The Morgan fingerprint density at radius 2 is 2.31 bits per heavy atom. The maximum absolute atomic E-state index is 5.98. The van der Waals surface area contributed by atoms with Crippen LogP contribution in [0, 0.1) is 11.8 Å². The van der Waals surface area contributed by atoms with Crippen molar-refractivity contribution in [3.8, 4) is 0 Å². The van der Waals surface area contributed by atoms with Crippen LogP contribution in [0.3, 0.4) is 0 Å². The Morgan fingerprint density at radius 1 is 1.56 bits per heavy atom. The molecule has 2 N–H and O–H groups in total. The summed E-state index contributed by atoms with van der Waals surface area (Å²) in [5.74, 6) is 1.62. The number of nitrogens with two attached hydrogens (primary N) is 1. The highest BCUT2D eigenvalue weighted by Crippen LogP contribution is 2.42. The van der Waals surface area contributed by atoms with Crippen molar-refractivity contribution >= 4 is 0 Å². The zero-order valence-corrected chi connectivity index (χ0v) is 10.6. The largest absolute Gasteiger partial charge is 0.330 e. The van der Waals surface area contributed by atoms with Gasteiger partial charge in [-0.3, -0.25) is 0 Å². The third-order valence-electron chi connectivity index (χ3n) is 4.23. The second-order valence-corrected chi connectivity index (χ2v) is 5.19. The van der Waals surface area contributed by atoms with E-state index < -0.39 is 0 Å². The van der Waals surface area contributed by atoms with E-state index in [1.807, 2.05) is 19.4 Å². The van der Waals surface area contributed by atoms with Gasteiger partial charge in [-0.05, 0) is 31.6 Å². The van der Waals surface area contributed by atoms with Crippen molar-refractivity contribution in [1.29, 1.82) is 0 Å². The SMILES string of the molecule is CCC1CCC(n2cncc2[C@H](C)N)C1C. The Kier molecular flexibility index (Phi) is 3.33. The lowest BCUT2D eigenvalue weighted by molar-refractivity contribution is 0.322. The molecule has 3 nitrogen and oxygen atoms in total. The molecule has 0 saturated heterocycles. The second kappa shape index (κ2) is 4.58. The van der Waals surface area contributed by atoms with Gasteiger partial charge in [-0.25, -0.2) is 4.98 Å². The maximum Gasteiger partial charge on any atom is 0.0951 e. The van der Waals surface area contributed by atoms with Crippen LogP contribution in [-0.2, 0) is 0 Å². The summed E-state index contributed by atoms with van der Waals surface area (Å²) in [6.07, 6.45) is 7.78. The summed E-state index contributed by atoms with van der Waals surface area (Å²) in [4.78, 5) is 4.26. The van der Waals surface area contributed by atoms with Gasteiger partial charge in [0.1, 0.15) is 0 Å². The van der Waals surface area contributed by atoms with E-state index in [9.17, 15) is 0 Å². The van der Waals surface area contributed by atoms with E-state index in [1.165, 1.54) is 25.0 Å². The zero-order valence-electron chi connectivity index (χ0n) is 10.6. The summed E-state index contributed by atoms with van der Waals surface area (Å²) in [5.41, 5.74) is 7.15. The minimum Gasteiger partial charge on any atom is -0.330 e. The number of imidazole rings is 1. The van der Waals surface area contributed by atoms with Crippen LogP contribution < -0.4 is 5.73 Å². The molecule has 0 spiro atoms. The molecule has 3 unspecified atom stereocenters. The van der Waals surface area contributed by atoms with Gasteiger partial charge >= 0.3 is 0 Å². The van der Waals surface area contributed by atoms with E-state index in [0.29, 0.717) is 6.04 Å². The van der Waals surface area contributed by atoms with Gasteiger partial charge in [0.15, 0.2) is 0 Å². The standard InChI is InChI=1S/C13H23N3/c1-4-11-5-6-12(9(11)2)16-8-15-7-13(16)10(3)14/h7-12H,4-6,14H2,1-3H3/t9?,10-,11?,12?/m0/s1. The van der Waals surface area contributed by atoms with Crippen LogP contribution >= 0.6 is 0 Å². The number of hydrogen-bond acceptors (Lipinski definition) is 2. The molecule has 1 heterocycles. The molecule has 1 fully saturated rings. The predicted octanol–water partition coefficient (Wildman–Crippen LogP) is 2.90. The molecule has 0 aromatic carbocycles. The van der Waals surface area contributed by atoms with Crippen molar-refractivity contribution in [2.75, 3.05) is 0 Å². The van der Waals surface area contributed by atoms with E-state index in [1.54, 1.807) is 0 Å². The fourth-order valence-corrected chi connectivity index (χ4v) is 3.14. The van der Waals surface area contributed by atoms with Crippen LogP contribution in [0.15, 0.2) is 12.5 Å². The normalized spacial score (nSPS) is 31.9. The van der Waals surface area contributed by atoms with Gasteiger partial charge in [0, 0.05) is 18.3 Å². The summed E-state index contributed by atoms with van der Waals surface area (Å²) in [6.45, 7) is 6.70. The van der Waals surface area contributed by atoms with Gasteiger partial charge in [-0.2, -0.15) is 0 Å². The van der Waals surface area contributed by atoms with E-state index in [2.05, 4.69) is 23.4 Å². The molecule has 0 bridgehead atoms. The minimum atomic E-state index is 0.0791. The topological polar surface area (TPSA) is 43.8 Å². The first-order valence-corrected chi connectivity index (χ1v) is 6.42. The smallest absolute Gasteiger partial charge is 0.0951 e. The lowest BCUT2D eigenvalue weighted by atomic mass is 9.93. The summed E-state index contributed by atoms with van der Waals surface area (Å²) in [7, 11) is 0. The highest BCUT2D eigenvalue weighted by molar-refractivity contribution is 5.06. The Hall–Kier alpha value is -0.830. The van der Waals surface area contributed by atoms with Gasteiger partial charge in [-0.1, -0.05) is 20.3 Å². The first kappa shape index (κ1) is 11.6. The van der Waals surface area contributed by atoms with E-state index >= 15 is 0 Å². The van der Waals surface area contributed by atoms with E-state index in [-0.39, 0.29) is 6.04 Å². The Labute approximate surface area is 98.1 Å². The highest BCUT2D eigenvalue weighted by Gasteiger charge is 2.33. The minimum absolute atomic E-state index is 0.0791. The van der Waals surface area contributed by atoms with Crippen molar-refractivity contribution in [3.05, 3.63) is 18.2 Å². The van der Waals surface area contributed by atoms with Crippen LogP contribution in [0.1, 0.15) is 57.8 Å². The average Bonchev–Trinajstić information content (AvgIpc) is 2.83. The molecular formula is C13H23N3. The monoisotopic (exact) mass is 221 g/mol. The Balaban J connectivity index is 2.22. The number of hydrogen-bond donors (Lipinski definition) is 1. The lowest BCUT2D eigenvalue weighted by Gasteiger charge is -2.24. The van der Waals surface area contributed by atoms with Crippen LogP contribution in [0.5, 0.6) is 0 Å². The Morgan fingerprint density at radius 3 is 2.88 bits per heavy atom. The van der Waals surface area contributed by atoms with E-state index in [4.69, 9.17) is 5.73 Å². The molecule has 1 aliphatic carbocycles. The molecule has 1 aromatic heterocycles. The van der Waals surface area contributed by atoms with Gasteiger partial charge in [0.25, 0.3) is 0 Å². The van der Waals surface area contributed by atoms with E-state index in [0.717, 1.165) is 11.8 Å². The first-order chi connectivity index (χ1) is 7.65. The fourth-order valence-electron chi connectivity index (χ4n) is 3.14. The molecular weight excluding hydrogens is 198 g/mol. The predicted molar refractivity (Wildman–Crippen MR) is 66.0 cm³/mol. The third kappa shape index (κ3) is 1.88. The summed E-state index contributed by atoms with van der Waals surface area (Å²) < 4.78 is 2.31. The first-order valence-electron chi connectivity index (χ1n) is 6.42. The quantitative estimate of drug-likeness (QED) is 0.853. The number of nitrogens with zero attached hydrogens (tertiary/aromatic N) is 2. The highest BCUT2D eigenvalue weighted by atomic mass is 15.1. The van der Waals surface area contributed by atoms with Crippen LogP contribution in [-0.4, -0.2) is 9.55 Å². The van der Waals surface area contributed by atoms with Crippen molar-refractivity contribution in [3.63, 3.8) is 0 Å². The van der Waals surface area contributed by atoms with Gasteiger partial charge in [-0.15, -0.1) is 0 Å². The molecule has 0 radical (unpaired) electrons. The summed E-state index contributed by atoms with van der Waals surface area (Å²) >= 11 is 0. The molecule has 1 aromatic rings.